The molecule has 2 rings (SSSR count). The molecule has 2 aromatic heterocycles. The highest BCUT2D eigenvalue weighted by Crippen LogP contribution is 2.16. The van der Waals surface area contributed by atoms with E-state index in [4.69, 9.17) is 17.0 Å². The molecule has 0 saturated carbocycles. The number of nitrogens with zero attached hydrogens (tertiary/aromatic N) is 2. The number of pyridine rings is 1. The fourth-order valence-electron chi connectivity index (χ4n) is 1.73. The average Bonchev–Trinajstić information content (AvgIpc) is 2.62. The van der Waals surface area contributed by atoms with Crippen molar-refractivity contribution in [2.24, 2.45) is 0 Å². The number of hydrogen-bond donors (Lipinski definition) is 1. The Hall–Kier alpha value is -1.20. The van der Waals surface area contributed by atoms with Crippen LogP contribution in [0.15, 0.2) is 18.3 Å². The van der Waals surface area contributed by atoms with E-state index >= 15 is 0 Å². The molecule has 4 nitrogen and oxygen atoms in total. The van der Waals surface area contributed by atoms with Crippen molar-refractivity contribution in [3.8, 4) is 0 Å². The number of ether oxygens (including phenoxy) is 1. The smallest absolute Gasteiger partial charge is 0.179 e. The molecule has 0 radical (unpaired) electrons. The highest BCUT2D eigenvalue weighted by molar-refractivity contribution is 7.71. The minimum absolute atomic E-state index is 0.191. The van der Waals surface area contributed by atoms with Crippen LogP contribution in [0.3, 0.4) is 0 Å². The maximum absolute atomic E-state index is 5.41. The predicted molar refractivity (Wildman–Crippen MR) is 66.1 cm³/mol. The molecule has 16 heavy (non-hydrogen) atoms. The van der Waals surface area contributed by atoms with Gasteiger partial charge < -0.3 is 9.72 Å². The van der Waals surface area contributed by atoms with E-state index in [1.54, 1.807) is 6.20 Å². The molecule has 2 heterocycles. The number of imidazole rings is 1. The monoisotopic (exact) mass is 237 g/mol. The molecule has 0 bridgehead atoms. The maximum Gasteiger partial charge on any atom is 0.179 e. The lowest BCUT2D eigenvalue weighted by molar-refractivity contribution is 0.119. The van der Waals surface area contributed by atoms with E-state index in [-0.39, 0.29) is 6.04 Å². The maximum atomic E-state index is 5.41. The van der Waals surface area contributed by atoms with Gasteiger partial charge in [0.05, 0.1) is 18.2 Å². The molecule has 5 heteroatoms. The van der Waals surface area contributed by atoms with Crippen LogP contribution in [0.4, 0.5) is 0 Å². The highest BCUT2D eigenvalue weighted by Gasteiger charge is 2.11. The molecule has 86 valence electrons. The van der Waals surface area contributed by atoms with Gasteiger partial charge in [0.1, 0.15) is 0 Å². The molecule has 2 aromatic rings. The van der Waals surface area contributed by atoms with Crippen LogP contribution < -0.4 is 0 Å². The van der Waals surface area contributed by atoms with Crippen molar-refractivity contribution in [3.05, 3.63) is 23.1 Å². The first-order valence-corrected chi connectivity index (χ1v) is 5.77. The van der Waals surface area contributed by atoms with Crippen LogP contribution in [0.2, 0.25) is 0 Å². The SMILES string of the molecule is CCOCC(C)n1c(=S)[nH]c2cccnc21. The lowest BCUT2D eigenvalue weighted by Gasteiger charge is -2.13. The van der Waals surface area contributed by atoms with Gasteiger partial charge in [-0.15, -0.1) is 0 Å². The highest BCUT2D eigenvalue weighted by atomic mass is 32.1. The Morgan fingerprint density at radius 2 is 2.44 bits per heavy atom. The number of fused-ring (bicyclic) bond motifs is 1. The summed E-state index contributed by atoms with van der Waals surface area (Å²) in [6.07, 6.45) is 1.77. The van der Waals surface area contributed by atoms with E-state index < -0.39 is 0 Å². The first-order chi connectivity index (χ1) is 7.74. The van der Waals surface area contributed by atoms with Gasteiger partial charge in [0.25, 0.3) is 0 Å². The Morgan fingerprint density at radius 3 is 3.19 bits per heavy atom. The quantitative estimate of drug-likeness (QED) is 0.831. The fourth-order valence-corrected chi connectivity index (χ4v) is 2.11. The van der Waals surface area contributed by atoms with Crippen molar-refractivity contribution >= 4 is 23.4 Å². The van der Waals surface area contributed by atoms with Crippen molar-refractivity contribution in [3.63, 3.8) is 0 Å². The summed E-state index contributed by atoms with van der Waals surface area (Å²) in [7, 11) is 0. The van der Waals surface area contributed by atoms with E-state index in [1.165, 1.54) is 0 Å². The van der Waals surface area contributed by atoms with E-state index in [9.17, 15) is 0 Å². The lowest BCUT2D eigenvalue weighted by Crippen LogP contribution is -2.12. The minimum atomic E-state index is 0.191. The lowest BCUT2D eigenvalue weighted by atomic mass is 10.3. The van der Waals surface area contributed by atoms with Gasteiger partial charge in [0.15, 0.2) is 10.4 Å². The Balaban J connectivity index is 2.43. The van der Waals surface area contributed by atoms with Crippen LogP contribution in [0.5, 0.6) is 0 Å². The van der Waals surface area contributed by atoms with Crippen LogP contribution >= 0.6 is 12.2 Å². The predicted octanol–water partition coefficient (Wildman–Crippen LogP) is 2.69. The number of aromatic nitrogens is 3. The molecule has 0 aromatic carbocycles. The molecular formula is C11H15N3OS. The summed E-state index contributed by atoms with van der Waals surface area (Å²) >= 11 is 5.29. The molecular weight excluding hydrogens is 222 g/mol. The molecule has 1 N–H and O–H groups in total. The summed E-state index contributed by atoms with van der Waals surface area (Å²) in [5, 5.41) is 0. The zero-order valence-corrected chi connectivity index (χ0v) is 10.3. The third-order valence-electron chi connectivity index (χ3n) is 2.48. The number of hydrogen-bond acceptors (Lipinski definition) is 3. The van der Waals surface area contributed by atoms with Crippen molar-refractivity contribution < 1.29 is 4.74 Å². The second kappa shape index (κ2) is 4.76. The molecule has 0 aliphatic heterocycles. The Morgan fingerprint density at radius 1 is 1.62 bits per heavy atom. The van der Waals surface area contributed by atoms with Crippen LogP contribution in [-0.2, 0) is 4.74 Å². The van der Waals surface area contributed by atoms with Crippen molar-refractivity contribution in [1.82, 2.24) is 14.5 Å². The van der Waals surface area contributed by atoms with Crippen LogP contribution in [0, 0.1) is 4.77 Å². The van der Waals surface area contributed by atoms with Crippen LogP contribution in [0.25, 0.3) is 11.2 Å². The molecule has 0 fully saturated rings. The Kier molecular flexibility index (Phi) is 3.36. The van der Waals surface area contributed by atoms with Crippen molar-refractivity contribution in [2.45, 2.75) is 19.9 Å². The molecule has 0 aliphatic carbocycles. The zero-order chi connectivity index (χ0) is 11.5. The van der Waals surface area contributed by atoms with Crippen molar-refractivity contribution in [1.29, 1.82) is 0 Å². The largest absolute Gasteiger partial charge is 0.380 e. The number of nitrogens with one attached hydrogen (secondary N) is 1. The average molecular weight is 237 g/mol. The molecule has 0 spiro atoms. The topological polar surface area (TPSA) is 42.8 Å². The Labute approximate surface area is 99.3 Å². The third kappa shape index (κ3) is 2.01. The van der Waals surface area contributed by atoms with Crippen LogP contribution in [-0.4, -0.2) is 27.7 Å². The zero-order valence-electron chi connectivity index (χ0n) is 9.43. The van der Waals surface area contributed by atoms with Gasteiger partial charge in [-0.1, -0.05) is 0 Å². The van der Waals surface area contributed by atoms with Gasteiger partial charge in [0, 0.05) is 12.8 Å². The van der Waals surface area contributed by atoms with E-state index in [0.29, 0.717) is 18.0 Å². The first kappa shape index (κ1) is 11.3. The summed E-state index contributed by atoms with van der Waals surface area (Å²) in [5.74, 6) is 0. The second-order valence-electron chi connectivity index (χ2n) is 3.68. The van der Waals surface area contributed by atoms with E-state index in [2.05, 4.69) is 16.9 Å². The van der Waals surface area contributed by atoms with Gasteiger partial charge >= 0.3 is 0 Å². The molecule has 1 unspecified atom stereocenters. The summed E-state index contributed by atoms with van der Waals surface area (Å²) in [6.45, 7) is 5.43. The van der Waals surface area contributed by atoms with Crippen LogP contribution in [0.1, 0.15) is 19.9 Å². The van der Waals surface area contributed by atoms with Gasteiger partial charge in [-0.3, -0.25) is 4.57 Å². The summed E-state index contributed by atoms with van der Waals surface area (Å²) in [6, 6.07) is 4.06. The number of aromatic amines is 1. The second-order valence-corrected chi connectivity index (χ2v) is 4.07. The summed E-state index contributed by atoms with van der Waals surface area (Å²) in [4.78, 5) is 7.48. The fraction of sp³-hybridized carbons (Fsp3) is 0.455. The first-order valence-electron chi connectivity index (χ1n) is 5.37. The normalized spacial score (nSPS) is 13.1. The van der Waals surface area contributed by atoms with Gasteiger partial charge in [-0.05, 0) is 38.2 Å². The molecule has 0 aliphatic rings. The van der Waals surface area contributed by atoms with Crippen molar-refractivity contribution in [2.75, 3.05) is 13.2 Å². The minimum Gasteiger partial charge on any atom is -0.380 e. The standard InChI is InChI=1S/C11H15N3OS/c1-3-15-7-8(2)14-10-9(13-11(14)16)5-4-6-12-10/h4-6,8H,3,7H2,1-2H3,(H,13,16). The summed E-state index contributed by atoms with van der Waals surface area (Å²) in [5.41, 5.74) is 1.86. The number of H-pyrrole nitrogens is 1. The van der Waals surface area contributed by atoms with Gasteiger partial charge in [-0.2, -0.15) is 0 Å². The number of rotatable bonds is 4. The van der Waals surface area contributed by atoms with Gasteiger partial charge in [-0.25, -0.2) is 4.98 Å². The summed E-state index contributed by atoms with van der Waals surface area (Å²) < 4.78 is 8.11. The molecule has 0 amide bonds. The third-order valence-corrected chi connectivity index (χ3v) is 2.78. The molecule has 0 saturated heterocycles. The Bertz CT molecular complexity index is 531. The van der Waals surface area contributed by atoms with E-state index in [0.717, 1.165) is 11.2 Å². The van der Waals surface area contributed by atoms with E-state index in [1.807, 2.05) is 23.6 Å². The molecule has 1 atom stereocenters. The van der Waals surface area contributed by atoms with Gasteiger partial charge in [0.2, 0.25) is 0 Å².